The molecule has 0 unspecified atom stereocenters. The molecule has 138 valence electrons. The van der Waals surface area contributed by atoms with Crippen molar-refractivity contribution in [3.63, 3.8) is 0 Å². The van der Waals surface area contributed by atoms with E-state index in [-0.39, 0.29) is 6.09 Å². The Morgan fingerprint density at radius 2 is 1.88 bits per heavy atom. The van der Waals surface area contributed by atoms with Crippen molar-refractivity contribution in [2.75, 3.05) is 43.0 Å². The van der Waals surface area contributed by atoms with Gasteiger partial charge in [0, 0.05) is 31.9 Å². The molecule has 1 saturated heterocycles. The third-order valence-electron chi connectivity index (χ3n) is 4.27. The second-order valence-electron chi connectivity index (χ2n) is 5.99. The molecule has 1 aromatic heterocycles. The maximum absolute atomic E-state index is 11.8. The molecule has 0 saturated carbocycles. The van der Waals surface area contributed by atoms with Gasteiger partial charge in [-0.05, 0) is 31.0 Å². The lowest BCUT2D eigenvalue weighted by molar-refractivity contribution is 0.105. The first kappa shape index (κ1) is 17.9. The Bertz CT molecular complexity index is 729. The van der Waals surface area contributed by atoms with Crippen LogP contribution in [0, 0.1) is 0 Å². The highest BCUT2D eigenvalue weighted by molar-refractivity contribution is 5.68. The maximum Gasteiger partial charge on any atom is 0.409 e. The lowest BCUT2D eigenvalue weighted by Gasteiger charge is -2.33. The summed E-state index contributed by atoms with van der Waals surface area (Å²) in [5, 5.41) is 11.4. The van der Waals surface area contributed by atoms with Gasteiger partial charge in [-0.2, -0.15) is 10.1 Å². The highest BCUT2D eigenvalue weighted by atomic mass is 16.6. The number of amides is 1. The Morgan fingerprint density at radius 1 is 1.15 bits per heavy atom. The predicted octanol–water partition coefficient (Wildman–Crippen LogP) is 2.46. The van der Waals surface area contributed by atoms with E-state index < -0.39 is 0 Å². The van der Waals surface area contributed by atoms with Gasteiger partial charge in [0.25, 0.3) is 0 Å². The molecule has 8 heteroatoms. The topological polar surface area (TPSA) is 83.5 Å². The number of hydrogen-bond acceptors (Lipinski definition) is 7. The summed E-state index contributed by atoms with van der Waals surface area (Å²) in [6.45, 7) is 6.78. The molecule has 1 fully saturated rings. The largest absolute Gasteiger partial charge is 0.450 e. The monoisotopic (exact) mass is 356 g/mol. The van der Waals surface area contributed by atoms with Crippen LogP contribution in [0.1, 0.15) is 19.4 Å². The number of piperazine rings is 1. The lowest BCUT2D eigenvalue weighted by atomic mass is 10.1. The van der Waals surface area contributed by atoms with Gasteiger partial charge in [0.05, 0.1) is 12.8 Å². The van der Waals surface area contributed by atoms with Gasteiger partial charge in [0.1, 0.15) is 0 Å². The molecule has 1 amide bonds. The molecule has 2 heterocycles. The summed E-state index contributed by atoms with van der Waals surface area (Å²) in [5.74, 6) is 1.20. The van der Waals surface area contributed by atoms with E-state index in [2.05, 4.69) is 39.6 Å². The molecule has 2 aromatic rings. The highest BCUT2D eigenvalue weighted by Crippen LogP contribution is 2.17. The molecule has 0 bridgehead atoms. The molecule has 0 aliphatic carbocycles. The number of rotatable bonds is 5. The first-order chi connectivity index (χ1) is 12.7. The summed E-state index contributed by atoms with van der Waals surface area (Å²) >= 11 is 0. The third-order valence-corrected chi connectivity index (χ3v) is 4.27. The molecule has 1 aliphatic heterocycles. The molecular formula is C18H24N6O2. The zero-order valence-corrected chi connectivity index (χ0v) is 15.2. The molecule has 0 radical (unpaired) electrons. The molecule has 3 rings (SSSR count). The molecule has 8 nitrogen and oxygen atoms in total. The zero-order chi connectivity index (χ0) is 18.4. The van der Waals surface area contributed by atoms with Crippen LogP contribution in [-0.4, -0.2) is 59.0 Å². The first-order valence-corrected chi connectivity index (χ1v) is 8.92. The van der Waals surface area contributed by atoms with E-state index in [0.29, 0.717) is 44.6 Å². The van der Waals surface area contributed by atoms with Crippen LogP contribution in [0.4, 0.5) is 22.2 Å². The van der Waals surface area contributed by atoms with Crippen molar-refractivity contribution in [2.24, 2.45) is 0 Å². The maximum atomic E-state index is 11.8. The van der Waals surface area contributed by atoms with Gasteiger partial charge >= 0.3 is 6.09 Å². The third kappa shape index (κ3) is 4.38. The van der Waals surface area contributed by atoms with E-state index in [0.717, 1.165) is 12.1 Å². The fourth-order valence-electron chi connectivity index (χ4n) is 2.76. The van der Waals surface area contributed by atoms with Crippen LogP contribution in [-0.2, 0) is 11.2 Å². The van der Waals surface area contributed by atoms with Gasteiger partial charge in [-0.25, -0.2) is 4.79 Å². The standard InChI is InChI=1S/C18H24N6O2/c1-3-14-5-7-15(8-6-14)20-16-13-19-22-17(21-16)23-9-11-24(12-10-23)18(25)26-4-2/h5-8,13H,3-4,9-12H2,1-2H3,(H,20,21,22). The number of carbonyl (C=O) groups is 1. The van der Waals surface area contributed by atoms with Crippen molar-refractivity contribution >= 4 is 23.5 Å². The van der Waals surface area contributed by atoms with Crippen LogP contribution in [0.25, 0.3) is 0 Å². The van der Waals surface area contributed by atoms with Crippen molar-refractivity contribution < 1.29 is 9.53 Å². The average molecular weight is 356 g/mol. The van der Waals surface area contributed by atoms with Gasteiger partial charge in [-0.1, -0.05) is 19.1 Å². The number of carbonyl (C=O) groups excluding carboxylic acids is 1. The van der Waals surface area contributed by atoms with Crippen LogP contribution >= 0.6 is 0 Å². The zero-order valence-electron chi connectivity index (χ0n) is 15.2. The average Bonchev–Trinajstić information content (AvgIpc) is 2.69. The van der Waals surface area contributed by atoms with E-state index >= 15 is 0 Å². The van der Waals surface area contributed by atoms with E-state index in [1.54, 1.807) is 11.1 Å². The van der Waals surface area contributed by atoms with Gasteiger partial charge < -0.3 is 19.9 Å². The summed E-state index contributed by atoms with van der Waals surface area (Å²) in [6, 6.07) is 8.23. The Labute approximate surface area is 153 Å². The van der Waals surface area contributed by atoms with E-state index in [9.17, 15) is 4.79 Å². The second-order valence-corrected chi connectivity index (χ2v) is 5.99. The van der Waals surface area contributed by atoms with Gasteiger partial charge in [0.15, 0.2) is 5.82 Å². The summed E-state index contributed by atoms with van der Waals surface area (Å²) in [6.07, 6.45) is 2.35. The van der Waals surface area contributed by atoms with Crippen molar-refractivity contribution in [2.45, 2.75) is 20.3 Å². The quantitative estimate of drug-likeness (QED) is 0.881. The Hall–Kier alpha value is -2.90. The smallest absolute Gasteiger partial charge is 0.409 e. The van der Waals surface area contributed by atoms with Crippen LogP contribution < -0.4 is 10.2 Å². The molecular weight excluding hydrogens is 332 g/mol. The van der Waals surface area contributed by atoms with Crippen LogP contribution in [0.2, 0.25) is 0 Å². The first-order valence-electron chi connectivity index (χ1n) is 8.92. The molecule has 1 N–H and O–H groups in total. The van der Waals surface area contributed by atoms with Crippen LogP contribution in [0.3, 0.4) is 0 Å². The molecule has 1 aromatic carbocycles. The van der Waals surface area contributed by atoms with Gasteiger partial charge in [0.2, 0.25) is 5.95 Å². The minimum atomic E-state index is -0.267. The lowest BCUT2D eigenvalue weighted by Crippen LogP contribution is -2.49. The molecule has 0 atom stereocenters. The van der Waals surface area contributed by atoms with Crippen molar-refractivity contribution in [1.29, 1.82) is 0 Å². The molecule has 26 heavy (non-hydrogen) atoms. The van der Waals surface area contributed by atoms with Crippen molar-refractivity contribution in [1.82, 2.24) is 20.1 Å². The molecule has 0 spiro atoms. The van der Waals surface area contributed by atoms with E-state index in [4.69, 9.17) is 4.74 Å². The van der Waals surface area contributed by atoms with Crippen molar-refractivity contribution in [3.05, 3.63) is 36.0 Å². The van der Waals surface area contributed by atoms with E-state index in [1.807, 2.05) is 24.0 Å². The summed E-state index contributed by atoms with van der Waals surface area (Å²) < 4.78 is 5.04. The van der Waals surface area contributed by atoms with Gasteiger partial charge in [-0.3, -0.25) is 0 Å². The highest BCUT2D eigenvalue weighted by Gasteiger charge is 2.23. The van der Waals surface area contributed by atoms with Crippen LogP contribution in [0.5, 0.6) is 0 Å². The van der Waals surface area contributed by atoms with Crippen molar-refractivity contribution in [3.8, 4) is 0 Å². The minimum absolute atomic E-state index is 0.267. The summed E-state index contributed by atoms with van der Waals surface area (Å²) in [4.78, 5) is 20.0. The number of nitrogens with one attached hydrogen (secondary N) is 1. The van der Waals surface area contributed by atoms with E-state index in [1.165, 1.54) is 5.56 Å². The fourth-order valence-corrected chi connectivity index (χ4v) is 2.76. The Morgan fingerprint density at radius 3 is 2.54 bits per heavy atom. The number of aryl methyl sites for hydroxylation is 1. The minimum Gasteiger partial charge on any atom is -0.450 e. The predicted molar refractivity (Wildman–Crippen MR) is 99.7 cm³/mol. The number of benzene rings is 1. The number of nitrogens with zero attached hydrogens (tertiary/aromatic N) is 5. The normalized spacial score (nSPS) is 14.2. The summed E-state index contributed by atoms with van der Waals surface area (Å²) in [7, 11) is 0. The number of aromatic nitrogens is 3. The Kier molecular flexibility index (Phi) is 5.83. The fraction of sp³-hybridized carbons (Fsp3) is 0.444. The number of ether oxygens (including phenoxy) is 1. The molecule has 1 aliphatic rings. The van der Waals surface area contributed by atoms with Gasteiger partial charge in [-0.15, -0.1) is 5.10 Å². The summed E-state index contributed by atoms with van der Waals surface area (Å²) in [5.41, 5.74) is 2.25. The number of anilines is 3. The van der Waals surface area contributed by atoms with Crippen LogP contribution in [0.15, 0.2) is 30.5 Å². The number of hydrogen-bond donors (Lipinski definition) is 1. The Balaban J connectivity index is 1.61. The second kappa shape index (κ2) is 8.46. The SMILES string of the molecule is CCOC(=O)N1CCN(c2nncc(Nc3ccc(CC)cc3)n2)CC1.